The van der Waals surface area contributed by atoms with Crippen LogP contribution in [0.4, 0.5) is 5.95 Å². The minimum Gasteiger partial charge on any atom is -0.339 e. The van der Waals surface area contributed by atoms with E-state index in [2.05, 4.69) is 44.5 Å². The van der Waals surface area contributed by atoms with Crippen molar-refractivity contribution in [1.29, 1.82) is 0 Å². The Morgan fingerprint density at radius 3 is 2.65 bits per heavy atom. The second-order valence-electron chi connectivity index (χ2n) is 10.4. The van der Waals surface area contributed by atoms with Crippen LogP contribution in [0.25, 0.3) is 5.65 Å². The molecule has 6 rings (SSSR count). The Bertz CT molecular complexity index is 1110. The first-order valence-corrected chi connectivity index (χ1v) is 13.2. The molecule has 1 saturated carbocycles. The highest BCUT2D eigenvalue weighted by Gasteiger charge is 2.28. The van der Waals surface area contributed by atoms with Crippen LogP contribution in [0.2, 0.25) is 0 Å². The van der Waals surface area contributed by atoms with E-state index in [1.807, 2.05) is 18.5 Å². The zero-order valence-corrected chi connectivity index (χ0v) is 20.4. The highest BCUT2D eigenvalue weighted by atomic mass is 15.3. The first kappa shape index (κ1) is 22.0. The lowest BCUT2D eigenvalue weighted by molar-refractivity contribution is 0.147. The summed E-state index contributed by atoms with van der Waals surface area (Å²) in [6.07, 6.45) is 16.6. The molecule has 0 aromatic carbocycles. The third kappa shape index (κ3) is 4.31. The van der Waals surface area contributed by atoms with Gasteiger partial charge in [-0.3, -0.25) is 19.2 Å². The van der Waals surface area contributed by atoms with Gasteiger partial charge in [-0.2, -0.15) is 0 Å². The Morgan fingerprint density at radius 1 is 0.941 bits per heavy atom. The molecule has 0 radical (unpaired) electrons. The molecular formula is C27H37N7. The van der Waals surface area contributed by atoms with Crippen molar-refractivity contribution in [2.24, 2.45) is 0 Å². The Balaban J connectivity index is 1.16. The minimum absolute atomic E-state index is 0.361. The minimum atomic E-state index is 0.361. The highest BCUT2D eigenvalue weighted by molar-refractivity contribution is 5.48. The summed E-state index contributed by atoms with van der Waals surface area (Å²) in [6.45, 7) is 5.18. The van der Waals surface area contributed by atoms with Gasteiger partial charge in [-0.15, -0.1) is 0 Å². The number of hydrogen-bond donors (Lipinski definition) is 0. The maximum absolute atomic E-state index is 4.97. The Kier molecular flexibility index (Phi) is 6.22. The number of anilines is 1. The molecule has 4 heterocycles. The molecule has 0 spiro atoms. The SMILES string of the molecule is CN(Cc1cn2c(N3CCN(C4CCCCC4)CC3)nccc2n1)[C@H]1CCCc2cccnc21. The van der Waals surface area contributed by atoms with Gasteiger partial charge in [0.25, 0.3) is 0 Å². The molecule has 7 heteroatoms. The standard InChI is InChI=1S/C27H37N7/c1-31(24-11-5-7-21-8-6-13-28-26(21)24)19-22-20-34-25(30-22)12-14-29-27(34)33-17-15-32(16-18-33)23-9-3-2-4-10-23/h6,8,12-14,20,23-24H,2-5,7,9-11,15-19H2,1H3/t24-/m0/s1. The predicted octanol–water partition coefficient (Wildman–Crippen LogP) is 4.09. The molecule has 1 saturated heterocycles. The number of aromatic nitrogens is 4. The summed E-state index contributed by atoms with van der Waals surface area (Å²) in [5, 5.41) is 0. The number of rotatable bonds is 5. The number of aryl methyl sites for hydroxylation is 1. The second-order valence-corrected chi connectivity index (χ2v) is 10.4. The van der Waals surface area contributed by atoms with E-state index in [9.17, 15) is 0 Å². The zero-order valence-electron chi connectivity index (χ0n) is 20.4. The fraction of sp³-hybridized carbons (Fsp3) is 0.593. The largest absolute Gasteiger partial charge is 0.339 e. The summed E-state index contributed by atoms with van der Waals surface area (Å²) in [5.74, 6) is 1.03. The topological polar surface area (TPSA) is 52.8 Å². The van der Waals surface area contributed by atoms with Crippen LogP contribution in [0.3, 0.4) is 0 Å². The smallest absolute Gasteiger partial charge is 0.211 e. The van der Waals surface area contributed by atoms with Crippen LogP contribution in [-0.4, -0.2) is 68.4 Å². The molecule has 0 bridgehead atoms. The second kappa shape index (κ2) is 9.62. The van der Waals surface area contributed by atoms with Crippen molar-refractivity contribution < 1.29 is 0 Å². The molecular weight excluding hydrogens is 422 g/mol. The molecule has 3 aromatic rings. The summed E-state index contributed by atoms with van der Waals surface area (Å²) >= 11 is 0. The monoisotopic (exact) mass is 459 g/mol. The van der Waals surface area contributed by atoms with Crippen molar-refractivity contribution in [2.75, 3.05) is 38.1 Å². The van der Waals surface area contributed by atoms with E-state index in [1.54, 1.807) is 0 Å². The first-order valence-electron chi connectivity index (χ1n) is 13.2. The first-order chi connectivity index (χ1) is 16.8. The van der Waals surface area contributed by atoms with Crippen molar-refractivity contribution in [3.63, 3.8) is 0 Å². The third-order valence-corrected chi connectivity index (χ3v) is 8.21. The fourth-order valence-electron chi connectivity index (χ4n) is 6.38. The number of hydrogen-bond acceptors (Lipinski definition) is 6. The van der Waals surface area contributed by atoms with Crippen molar-refractivity contribution >= 4 is 11.6 Å². The summed E-state index contributed by atoms with van der Waals surface area (Å²) < 4.78 is 2.20. The van der Waals surface area contributed by atoms with E-state index in [4.69, 9.17) is 15.0 Å². The van der Waals surface area contributed by atoms with Gasteiger partial charge in [0, 0.05) is 57.4 Å². The van der Waals surface area contributed by atoms with Gasteiger partial charge in [0.05, 0.1) is 17.4 Å². The van der Waals surface area contributed by atoms with Crippen LogP contribution in [0.5, 0.6) is 0 Å². The van der Waals surface area contributed by atoms with Gasteiger partial charge in [0.1, 0.15) is 5.65 Å². The van der Waals surface area contributed by atoms with Crippen molar-refractivity contribution in [3.05, 3.63) is 53.7 Å². The zero-order chi connectivity index (χ0) is 22.9. The molecule has 0 amide bonds. The molecule has 7 nitrogen and oxygen atoms in total. The van der Waals surface area contributed by atoms with Crippen molar-refractivity contribution in [2.45, 2.75) is 70.0 Å². The van der Waals surface area contributed by atoms with Gasteiger partial charge in [-0.05, 0) is 56.8 Å². The van der Waals surface area contributed by atoms with Gasteiger partial charge in [-0.25, -0.2) is 9.97 Å². The van der Waals surface area contributed by atoms with Crippen LogP contribution in [0, 0.1) is 0 Å². The summed E-state index contributed by atoms with van der Waals surface area (Å²) in [5.41, 5.74) is 4.74. The number of pyridine rings is 1. The van der Waals surface area contributed by atoms with Crippen LogP contribution < -0.4 is 4.90 Å². The summed E-state index contributed by atoms with van der Waals surface area (Å²) in [7, 11) is 2.21. The molecule has 2 aliphatic carbocycles. The highest BCUT2D eigenvalue weighted by Crippen LogP contribution is 2.33. The molecule has 1 aliphatic heterocycles. The van der Waals surface area contributed by atoms with Crippen LogP contribution in [0.1, 0.15) is 67.9 Å². The molecule has 0 N–H and O–H groups in total. The van der Waals surface area contributed by atoms with Gasteiger partial charge >= 0.3 is 0 Å². The lowest BCUT2D eigenvalue weighted by Gasteiger charge is -2.41. The molecule has 34 heavy (non-hydrogen) atoms. The lowest BCUT2D eigenvalue weighted by atomic mass is 9.91. The molecule has 3 aromatic heterocycles. The maximum atomic E-state index is 4.97. The fourth-order valence-corrected chi connectivity index (χ4v) is 6.38. The molecule has 0 unspecified atom stereocenters. The summed E-state index contributed by atoms with van der Waals surface area (Å²) in [4.78, 5) is 22.1. The number of imidazole rings is 1. The van der Waals surface area contributed by atoms with Crippen LogP contribution in [0.15, 0.2) is 36.8 Å². The Morgan fingerprint density at radius 2 is 1.79 bits per heavy atom. The molecule has 180 valence electrons. The predicted molar refractivity (Wildman–Crippen MR) is 135 cm³/mol. The molecule has 2 fully saturated rings. The van der Waals surface area contributed by atoms with Crippen molar-refractivity contribution in [1.82, 2.24) is 29.2 Å². The van der Waals surface area contributed by atoms with E-state index < -0.39 is 0 Å². The van der Waals surface area contributed by atoms with E-state index in [1.165, 1.54) is 49.8 Å². The van der Waals surface area contributed by atoms with E-state index in [0.29, 0.717) is 6.04 Å². The van der Waals surface area contributed by atoms with Gasteiger partial charge in [-0.1, -0.05) is 25.3 Å². The number of piperazine rings is 1. The van der Waals surface area contributed by atoms with Crippen LogP contribution in [-0.2, 0) is 13.0 Å². The average Bonchev–Trinajstić information content (AvgIpc) is 3.31. The molecule has 3 aliphatic rings. The Labute approximate surface area is 202 Å². The molecule has 1 atom stereocenters. The summed E-state index contributed by atoms with van der Waals surface area (Å²) in [6, 6.07) is 7.49. The van der Waals surface area contributed by atoms with Crippen LogP contribution >= 0.6 is 0 Å². The van der Waals surface area contributed by atoms with Gasteiger partial charge in [0.15, 0.2) is 0 Å². The Hall–Kier alpha value is -2.51. The number of nitrogens with zero attached hydrogens (tertiary/aromatic N) is 7. The van der Waals surface area contributed by atoms with E-state index in [0.717, 1.165) is 68.9 Å². The van der Waals surface area contributed by atoms with Gasteiger partial charge < -0.3 is 4.90 Å². The number of fused-ring (bicyclic) bond motifs is 2. The van der Waals surface area contributed by atoms with Gasteiger partial charge in [0.2, 0.25) is 5.95 Å². The quantitative estimate of drug-likeness (QED) is 0.573. The average molecular weight is 460 g/mol. The van der Waals surface area contributed by atoms with E-state index >= 15 is 0 Å². The van der Waals surface area contributed by atoms with E-state index in [-0.39, 0.29) is 0 Å². The van der Waals surface area contributed by atoms with Crippen molar-refractivity contribution in [3.8, 4) is 0 Å². The maximum Gasteiger partial charge on any atom is 0.211 e. The third-order valence-electron chi connectivity index (χ3n) is 8.21. The normalized spacial score (nSPS) is 22.4. The lowest BCUT2D eigenvalue weighted by Crippen LogP contribution is -2.51.